The Morgan fingerprint density at radius 3 is 2.18 bits per heavy atom. The monoisotopic (exact) mass is 330 g/mol. The zero-order chi connectivity index (χ0) is 15.5. The zero-order valence-corrected chi connectivity index (χ0v) is 13.0. The summed E-state index contributed by atoms with van der Waals surface area (Å²) in [6.07, 6.45) is 2.31. The van der Waals surface area contributed by atoms with Crippen LogP contribution in [0.5, 0.6) is 0 Å². The van der Waals surface area contributed by atoms with Gasteiger partial charge in [-0.1, -0.05) is 47.5 Å². The largest absolute Gasteiger partial charge is 0.268 e. The topological polar surface area (TPSA) is 41.5 Å². The van der Waals surface area contributed by atoms with E-state index in [1.807, 2.05) is 30.3 Å². The fourth-order valence-corrected chi connectivity index (χ4v) is 2.43. The van der Waals surface area contributed by atoms with Crippen LogP contribution in [0.25, 0.3) is 6.08 Å². The third-order valence-electron chi connectivity index (χ3n) is 3.33. The van der Waals surface area contributed by atoms with E-state index in [1.54, 1.807) is 24.3 Å². The first-order valence-corrected chi connectivity index (χ1v) is 7.46. The lowest BCUT2D eigenvalue weighted by molar-refractivity contribution is -0.117. The number of halogens is 2. The van der Waals surface area contributed by atoms with Gasteiger partial charge in [0.05, 0.1) is 5.71 Å². The highest BCUT2D eigenvalue weighted by Gasteiger charge is 2.19. The van der Waals surface area contributed by atoms with Crippen molar-refractivity contribution >= 4 is 40.9 Å². The van der Waals surface area contributed by atoms with Crippen molar-refractivity contribution in [2.75, 3.05) is 0 Å². The minimum Gasteiger partial charge on any atom is -0.268 e. The first kappa shape index (κ1) is 14.8. The summed E-state index contributed by atoms with van der Waals surface area (Å²) >= 11 is 11.8. The van der Waals surface area contributed by atoms with Crippen LogP contribution in [-0.4, -0.2) is 11.6 Å². The van der Waals surface area contributed by atoms with Gasteiger partial charge in [-0.3, -0.25) is 4.79 Å². The summed E-state index contributed by atoms with van der Waals surface area (Å²) in [5, 5.41) is 5.46. The maximum atomic E-state index is 12.0. The molecule has 0 spiro atoms. The normalized spacial score (nSPS) is 16.4. The first-order valence-electron chi connectivity index (χ1n) is 6.71. The molecule has 1 aliphatic rings. The first-order chi connectivity index (χ1) is 10.6. The molecule has 0 saturated carbocycles. The Kier molecular flexibility index (Phi) is 4.27. The standard InChI is InChI=1S/C17H12Cl2N2O/c18-14-5-1-11(2-6-14)9-13-10-16(20-21-17(13)22)12-3-7-15(19)8-4-12/h1-9H,10H2,(H,21,22)/b13-9-. The highest BCUT2D eigenvalue weighted by molar-refractivity contribution is 6.31. The summed E-state index contributed by atoms with van der Waals surface area (Å²) in [6, 6.07) is 14.7. The van der Waals surface area contributed by atoms with Crippen molar-refractivity contribution in [2.24, 2.45) is 5.10 Å². The van der Waals surface area contributed by atoms with E-state index in [9.17, 15) is 4.79 Å². The summed E-state index contributed by atoms with van der Waals surface area (Å²) in [4.78, 5) is 12.0. The Morgan fingerprint density at radius 2 is 1.55 bits per heavy atom. The smallest absolute Gasteiger partial charge is 0.267 e. The number of hydrazone groups is 1. The van der Waals surface area contributed by atoms with Gasteiger partial charge in [0.15, 0.2) is 0 Å². The van der Waals surface area contributed by atoms with Crippen molar-refractivity contribution in [1.82, 2.24) is 5.43 Å². The van der Waals surface area contributed by atoms with Gasteiger partial charge in [0, 0.05) is 22.0 Å². The van der Waals surface area contributed by atoms with E-state index in [4.69, 9.17) is 23.2 Å². The molecule has 110 valence electrons. The van der Waals surface area contributed by atoms with E-state index in [0.29, 0.717) is 22.0 Å². The third-order valence-corrected chi connectivity index (χ3v) is 3.83. The lowest BCUT2D eigenvalue weighted by Gasteiger charge is -2.15. The zero-order valence-electron chi connectivity index (χ0n) is 11.5. The average Bonchev–Trinajstić information content (AvgIpc) is 2.52. The van der Waals surface area contributed by atoms with Crippen molar-refractivity contribution in [2.45, 2.75) is 6.42 Å². The molecule has 1 N–H and O–H groups in total. The summed E-state index contributed by atoms with van der Waals surface area (Å²) < 4.78 is 0. The summed E-state index contributed by atoms with van der Waals surface area (Å²) in [6.45, 7) is 0. The number of hydrogen-bond donors (Lipinski definition) is 1. The Balaban J connectivity index is 1.87. The molecule has 0 bridgehead atoms. The van der Waals surface area contributed by atoms with E-state index in [-0.39, 0.29) is 5.91 Å². The third kappa shape index (κ3) is 3.38. The fraction of sp³-hybridized carbons (Fsp3) is 0.0588. The van der Waals surface area contributed by atoms with Crippen LogP contribution in [0, 0.1) is 0 Å². The van der Waals surface area contributed by atoms with Gasteiger partial charge in [-0.15, -0.1) is 0 Å². The summed E-state index contributed by atoms with van der Waals surface area (Å²) in [5.74, 6) is -0.187. The molecule has 0 unspecified atom stereocenters. The maximum Gasteiger partial charge on any atom is 0.267 e. The minimum absolute atomic E-state index is 0.187. The molecule has 3 rings (SSSR count). The number of benzene rings is 2. The van der Waals surface area contributed by atoms with Crippen LogP contribution in [0.2, 0.25) is 10.0 Å². The second kappa shape index (κ2) is 6.34. The maximum absolute atomic E-state index is 12.0. The van der Waals surface area contributed by atoms with Gasteiger partial charge in [-0.25, -0.2) is 5.43 Å². The Morgan fingerprint density at radius 1 is 0.955 bits per heavy atom. The molecule has 2 aromatic rings. The lowest BCUT2D eigenvalue weighted by atomic mass is 9.99. The Labute approximate surface area is 138 Å². The number of hydrogen-bond acceptors (Lipinski definition) is 2. The molecule has 5 heteroatoms. The second-order valence-corrected chi connectivity index (χ2v) is 5.78. The molecule has 0 aromatic heterocycles. The fourth-order valence-electron chi connectivity index (χ4n) is 2.18. The quantitative estimate of drug-likeness (QED) is 0.819. The predicted molar refractivity (Wildman–Crippen MR) is 90.2 cm³/mol. The second-order valence-electron chi connectivity index (χ2n) is 4.90. The van der Waals surface area contributed by atoms with Crippen molar-refractivity contribution in [1.29, 1.82) is 0 Å². The molecule has 3 nitrogen and oxygen atoms in total. The number of nitrogens with one attached hydrogen (secondary N) is 1. The van der Waals surface area contributed by atoms with Crippen LogP contribution in [0.4, 0.5) is 0 Å². The van der Waals surface area contributed by atoms with Crippen LogP contribution in [0.15, 0.2) is 59.2 Å². The number of carbonyl (C=O) groups excluding carboxylic acids is 1. The minimum atomic E-state index is -0.187. The Bertz CT molecular complexity index is 762. The molecule has 0 radical (unpaired) electrons. The highest BCUT2D eigenvalue weighted by atomic mass is 35.5. The van der Waals surface area contributed by atoms with Gasteiger partial charge < -0.3 is 0 Å². The number of amides is 1. The van der Waals surface area contributed by atoms with Gasteiger partial charge in [0.1, 0.15) is 0 Å². The van der Waals surface area contributed by atoms with Gasteiger partial charge in [-0.05, 0) is 41.5 Å². The van der Waals surface area contributed by atoms with E-state index >= 15 is 0 Å². The molecule has 1 heterocycles. The van der Waals surface area contributed by atoms with Crippen LogP contribution in [0.3, 0.4) is 0 Å². The number of carbonyl (C=O) groups is 1. The molecule has 0 saturated heterocycles. The molecule has 22 heavy (non-hydrogen) atoms. The van der Waals surface area contributed by atoms with Crippen molar-refractivity contribution in [3.05, 3.63) is 75.3 Å². The van der Waals surface area contributed by atoms with Crippen LogP contribution < -0.4 is 5.43 Å². The SMILES string of the molecule is O=C1NN=C(c2ccc(Cl)cc2)C/C1=C/c1ccc(Cl)cc1. The lowest BCUT2D eigenvalue weighted by Crippen LogP contribution is -2.28. The molecule has 2 aromatic carbocycles. The Hall–Kier alpha value is -2.10. The molecule has 0 fully saturated rings. The number of rotatable bonds is 2. The molecule has 0 atom stereocenters. The summed E-state index contributed by atoms with van der Waals surface area (Å²) in [5.41, 5.74) is 5.87. The van der Waals surface area contributed by atoms with Crippen LogP contribution in [-0.2, 0) is 4.79 Å². The van der Waals surface area contributed by atoms with Crippen LogP contribution in [0.1, 0.15) is 17.5 Å². The van der Waals surface area contributed by atoms with Crippen LogP contribution >= 0.6 is 23.2 Å². The summed E-state index contributed by atoms with van der Waals surface area (Å²) in [7, 11) is 0. The van der Waals surface area contributed by atoms with Crippen molar-refractivity contribution in [3.63, 3.8) is 0 Å². The van der Waals surface area contributed by atoms with E-state index in [1.165, 1.54) is 0 Å². The van der Waals surface area contributed by atoms with Gasteiger partial charge >= 0.3 is 0 Å². The van der Waals surface area contributed by atoms with E-state index in [0.717, 1.165) is 16.8 Å². The van der Waals surface area contributed by atoms with Gasteiger partial charge in [-0.2, -0.15) is 5.10 Å². The molecule has 1 amide bonds. The molecule has 0 aliphatic carbocycles. The van der Waals surface area contributed by atoms with Gasteiger partial charge in [0.2, 0.25) is 0 Å². The van der Waals surface area contributed by atoms with E-state index < -0.39 is 0 Å². The predicted octanol–water partition coefficient (Wildman–Crippen LogP) is 4.30. The van der Waals surface area contributed by atoms with E-state index in [2.05, 4.69) is 10.5 Å². The van der Waals surface area contributed by atoms with Gasteiger partial charge in [0.25, 0.3) is 5.91 Å². The van der Waals surface area contributed by atoms with Crippen molar-refractivity contribution in [3.8, 4) is 0 Å². The van der Waals surface area contributed by atoms with Crippen molar-refractivity contribution < 1.29 is 4.79 Å². The average molecular weight is 331 g/mol. The molecular formula is C17H12Cl2N2O. The molecular weight excluding hydrogens is 319 g/mol. The highest BCUT2D eigenvalue weighted by Crippen LogP contribution is 2.20. The molecule has 1 aliphatic heterocycles. The number of nitrogens with zero attached hydrogens (tertiary/aromatic N) is 1.